The van der Waals surface area contributed by atoms with E-state index in [9.17, 15) is 0 Å². The van der Waals surface area contributed by atoms with Crippen LogP contribution >= 0.6 is 11.3 Å². The number of rotatable bonds is 1. The molecule has 68 valence electrons. The monoisotopic (exact) mass is 192 g/mol. The van der Waals surface area contributed by atoms with Gasteiger partial charge in [0.2, 0.25) is 0 Å². The van der Waals surface area contributed by atoms with Gasteiger partial charge in [0.25, 0.3) is 0 Å². The average molecular weight is 192 g/mol. The predicted molar refractivity (Wildman–Crippen MR) is 56.8 cm³/mol. The number of benzene rings is 1. The van der Waals surface area contributed by atoms with Gasteiger partial charge in [0, 0.05) is 5.54 Å². The normalized spacial score (nSPS) is 12.2. The number of para-hydroxylation sites is 1. The van der Waals surface area contributed by atoms with Crippen LogP contribution in [0.15, 0.2) is 23.7 Å². The minimum atomic E-state index is -0.312. The first-order chi connectivity index (χ1) is 6.09. The maximum absolute atomic E-state index is 6.05. The molecule has 0 radical (unpaired) electrons. The van der Waals surface area contributed by atoms with E-state index in [0.29, 0.717) is 0 Å². The zero-order valence-corrected chi connectivity index (χ0v) is 8.56. The van der Waals surface area contributed by atoms with Crippen LogP contribution in [-0.4, -0.2) is 4.98 Å². The average Bonchev–Trinajstić information content (AvgIpc) is 2.48. The van der Waals surface area contributed by atoms with Crippen LogP contribution in [-0.2, 0) is 5.54 Å². The summed E-state index contributed by atoms with van der Waals surface area (Å²) in [5.41, 5.74) is 9.75. The number of aromatic nitrogens is 1. The molecular weight excluding hydrogens is 180 g/mol. The molecule has 1 aromatic heterocycles. The van der Waals surface area contributed by atoms with Gasteiger partial charge in [-0.25, -0.2) is 4.98 Å². The molecule has 13 heavy (non-hydrogen) atoms. The van der Waals surface area contributed by atoms with E-state index in [-0.39, 0.29) is 5.54 Å². The van der Waals surface area contributed by atoms with Crippen LogP contribution < -0.4 is 5.73 Å². The first-order valence-corrected chi connectivity index (χ1v) is 5.08. The van der Waals surface area contributed by atoms with Crippen LogP contribution in [0.5, 0.6) is 0 Å². The summed E-state index contributed by atoms with van der Waals surface area (Å²) in [5.74, 6) is 0. The molecule has 0 aliphatic carbocycles. The predicted octanol–water partition coefficient (Wildman–Crippen LogP) is 2.49. The maximum atomic E-state index is 6.05. The Morgan fingerprint density at radius 1 is 1.38 bits per heavy atom. The van der Waals surface area contributed by atoms with E-state index in [2.05, 4.69) is 11.1 Å². The van der Waals surface area contributed by atoms with Gasteiger partial charge in [-0.2, -0.15) is 0 Å². The van der Waals surface area contributed by atoms with Gasteiger partial charge in [0.05, 0.1) is 15.7 Å². The van der Waals surface area contributed by atoms with Crippen LogP contribution in [0.3, 0.4) is 0 Å². The van der Waals surface area contributed by atoms with Gasteiger partial charge in [-0.05, 0) is 25.5 Å². The molecule has 2 aromatic rings. The fourth-order valence-electron chi connectivity index (χ4n) is 1.41. The molecule has 1 aromatic carbocycles. The van der Waals surface area contributed by atoms with Crippen LogP contribution in [0.2, 0.25) is 0 Å². The Morgan fingerprint density at radius 2 is 2.15 bits per heavy atom. The number of thiazole rings is 1. The number of hydrogen-bond acceptors (Lipinski definition) is 3. The van der Waals surface area contributed by atoms with Crippen molar-refractivity contribution in [3.05, 3.63) is 29.3 Å². The van der Waals surface area contributed by atoms with Crippen molar-refractivity contribution in [1.82, 2.24) is 4.98 Å². The van der Waals surface area contributed by atoms with E-state index in [1.807, 2.05) is 31.5 Å². The molecule has 2 N–H and O–H groups in total. The number of hydrogen-bond donors (Lipinski definition) is 1. The Balaban J connectivity index is 2.75. The molecule has 2 rings (SSSR count). The largest absolute Gasteiger partial charge is 0.322 e. The molecule has 0 amide bonds. The minimum Gasteiger partial charge on any atom is -0.322 e. The molecule has 0 spiro atoms. The number of nitrogens with zero attached hydrogens (tertiary/aromatic N) is 1. The highest BCUT2D eigenvalue weighted by molar-refractivity contribution is 7.16. The second-order valence-electron chi connectivity index (χ2n) is 3.73. The van der Waals surface area contributed by atoms with Gasteiger partial charge in [-0.1, -0.05) is 12.1 Å². The van der Waals surface area contributed by atoms with Crippen molar-refractivity contribution in [2.45, 2.75) is 19.4 Å². The lowest BCUT2D eigenvalue weighted by atomic mass is 9.95. The van der Waals surface area contributed by atoms with Gasteiger partial charge in [-0.3, -0.25) is 0 Å². The number of fused-ring (bicyclic) bond motifs is 1. The van der Waals surface area contributed by atoms with Crippen molar-refractivity contribution < 1.29 is 0 Å². The standard InChI is InChI=1S/C10H12N2S/c1-10(2,11)7-4-3-5-8-9(7)12-6-13-8/h3-6H,11H2,1-2H3. The Labute approximate surface area is 81.4 Å². The minimum absolute atomic E-state index is 0.312. The third-order valence-corrected chi connectivity index (χ3v) is 2.85. The van der Waals surface area contributed by atoms with Gasteiger partial charge >= 0.3 is 0 Å². The molecule has 0 atom stereocenters. The Hall–Kier alpha value is -0.930. The van der Waals surface area contributed by atoms with Gasteiger partial charge in [-0.15, -0.1) is 11.3 Å². The molecule has 1 heterocycles. The van der Waals surface area contributed by atoms with Crippen molar-refractivity contribution in [3.63, 3.8) is 0 Å². The van der Waals surface area contributed by atoms with Crippen LogP contribution in [0.1, 0.15) is 19.4 Å². The summed E-state index contributed by atoms with van der Waals surface area (Å²) in [4.78, 5) is 4.32. The molecule has 0 aliphatic rings. The highest BCUT2D eigenvalue weighted by Gasteiger charge is 2.17. The summed E-state index contributed by atoms with van der Waals surface area (Å²) < 4.78 is 1.20. The summed E-state index contributed by atoms with van der Waals surface area (Å²) >= 11 is 1.65. The lowest BCUT2D eigenvalue weighted by Gasteiger charge is -2.19. The van der Waals surface area contributed by atoms with E-state index in [1.165, 1.54) is 4.70 Å². The zero-order valence-electron chi connectivity index (χ0n) is 7.74. The maximum Gasteiger partial charge on any atom is 0.0862 e. The fraction of sp³-hybridized carbons (Fsp3) is 0.300. The third kappa shape index (κ3) is 1.45. The molecule has 0 bridgehead atoms. The van der Waals surface area contributed by atoms with Crippen molar-refractivity contribution in [1.29, 1.82) is 0 Å². The van der Waals surface area contributed by atoms with E-state index >= 15 is 0 Å². The molecular formula is C10H12N2S. The highest BCUT2D eigenvalue weighted by Crippen LogP contribution is 2.27. The Bertz CT molecular complexity index is 426. The van der Waals surface area contributed by atoms with Gasteiger partial charge in [0.15, 0.2) is 0 Å². The van der Waals surface area contributed by atoms with Gasteiger partial charge in [0.1, 0.15) is 0 Å². The summed E-state index contributed by atoms with van der Waals surface area (Å²) in [5, 5.41) is 0. The van der Waals surface area contributed by atoms with Crippen LogP contribution in [0.4, 0.5) is 0 Å². The second kappa shape index (κ2) is 2.79. The van der Waals surface area contributed by atoms with Crippen molar-refractivity contribution in [2.24, 2.45) is 5.73 Å². The first kappa shape index (κ1) is 8.66. The highest BCUT2D eigenvalue weighted by atomic mass is 32.1. The smallest absolute Gasteiger partial charge is 0.0862 e. The summed E-state index contributed by atoms with van der Waals surface area (Å²) in [6, 6.07) is 6.15. The molecule has 0 unspecified atom stereocenters. The zero-order chi connectivity index (χ0) is 9.47. The molecule has 3 heteroatoms. The quantitative estimate of drug-likeness (QED) is 0.754. The molecule has 0 saturated carbocycles. The summed E-state index contributed by atoms with van der Waals surface area (Å²) in [6.45, 7) is 4.00. The summed E-state index contributed by atoms with van der Waals surface area (Å²) in [6.07, 6.45) is 0. The molecule has 0 saturated heterocycles. The Morgan fingerprint density at radius 3 is 2.85 bits per heavy atom. The molecule has 0 fully saturated rings. The molecule has 0 aliphatic heterocycles. The molecule has 2 nitrogen and oxygen atoms in total. The lowest BCUT2D eigenvalue weighted by molar-refractivity contribution is 0.559. The van der Waals surface area contributed by atoms with Crippen LogP contribution in [0, 0.1) is 0 Å². The van der Waals surface area contributed by atoms with E-state index in [0.717, 1.165) is 11.1 Å². The van der Waals surface area contributed by atoms with Crippen molar-refractivity contribution >= 4 is 21.6 Å². The van der Waals surface area contributed by atoms with Crippen LogP contribution in [0.25, 0.3) is 10.2 Å². The van der Waals surface area contributed by atoms with E-state index in [4.69, 9.17) is 5.73 Å². The topological polar surface area (TPSA) is 38.9 Å². The first-order valence-electron chi connectivity index (χ1n) is 4.20. The van der Waals surface area contributed by atoms with Gasteiger partial charge < -0.3 is 5.73 Å². The SMILES string of the molecule is CC(C)(N)c1cccc2scnc12. The lowest BCUT2D eigenvalue weighted by Crippen LogP contribution is -2.28. The Kier molecular flexibility index (Phi) is 1.86. The van der Waals surface area contributed by atoms with Crippen molar-refractivity contribution in [2.75, 3.05) is 0 Å². The fourth-order valence-corrected chi connectivity index (χ4v) is 2.11. The number of nitrogens with two attached hydrogens (primary N) is 1. The third-order valence-electron chi connectivity index (χ3n) is 2.05. The van der Waals surface area contributed by atoms with E-state index < -0.39 is 0 Å². The second-order valence-corrected chi connectivity index (χ2v) is 4.61. The summed E-state index contributed by atoms with van der Waals surface area (Å²) in [7, 11) is 0. The van der Waals surface area contributed by atoms with Crippen molar-refractivity contribution in [3.8, 4) is 0 Å². The van der Waals surface area contributed by atoms with E-state index in [1.54, 1.807) is 11.3 Å².